The van der Waals surface area contributed by atoms with E-state index in [4.69, 9.17) is 16.3 Å². The third kappa shape index (κ3) is 9.32. The summed E-state index contributed by atoms with van der Waals surface area (Å²) in [4.78, 5) is 41.9. The number of halogens is 2. The summed E-state index contributed by atoms with van der Waals surface area (Å²) >= 11 is 9.73. The minimum absolute atomic E-state index is 0.154. The molecule has 12 heteroatoms. The zero-order valence-electron chi connectivity index (χ0n) is 24.8. The van der Waals surface area contributed by atoms with Gasteiger partial charge >= 0.3 is 6.09 Å². The van der Waals surface area contributed by atoms with Crippen LogP contribution >= 0.6 is 27.5 Å². The minimum atomic E-state index is -1.23. The summed E-state index contributed by atoms with van der Waals surface area (Å²) in [5.74, 6) is -0.468. The molecule has 0 saturated carbocycles. The Bertz CT molecular complexity index is 1260. The van der Waals surface area contributed by atoms with Crippen molar-refractivity contribution in [2.45, 2.75) is 90.7 Å². The molecule has 1 aliphatic rings. The number of nitrogens with one attached hydrogen (secondary N) is 1. The summed E-state index contributed by atoms with van der Waals surface area (Å²) in [6.07, 6.45) is 2.08. The lowest BCUT2D eigenvalue weighted by atomic mass is 10.0. The monoisotopic (exact) mass is 668 g/mol. The lowest BCUT2D eigenvalue weighted by Gasteiger charge is -2.33. The highest BCUT2D eigenvalue weighted by atomic mass is 79.9. The van der Waals surface area contributed by atoms with Crippen LogP contribution < -0.4 is 5.32 Å². The molecule has 2 aromatic rings. The van der Waals surface area contributed by atoms with Crippen LogP contribution in [0.25, 0.3) is 0 Å². The Hall–Kier alpha value is -2.34. The molecule has 1 saturated heterocycles. The first-order chi connectivity index (χ1) is 19.1. The van der Waals surface area contributed by atoms with Crippen molar-refractivity contribution in [2.75, 3.05) is 13.2 Å². The molecule has 1 aromatic carbocycles. The maximum absolute atomic E-state index is 13.6. The smallest absolute Gasteiger partial charge is 0.408 e. The molecule has 1 atom stereocenters. The average molecular weight is 670 g/mol. The minimum Gasteiger partial charge on any atom is -0.465 e. The Labute approximate surface area is 257 Å². The van der Waals surface area contributed by atoms with Crippen molar-refractivity contribution in [1.29, 1.82) is 0 Å². The van der Waals surface area contributed by atoms with Crippen LogP contribution in [0.2, 0.25) is 30.7 Å². The fraction of sp³-hybridized carbons (Fsp3) is 0.552. The number of aromatic nitrogens is 1. The van der Waals surface area contributed by atoms with Crippen LogP contribution in [0.15, 0.2) is 34.9 Å². The summed E-state index contributed by atoms with van der Waals surface area (Å²) in [6, 6.07) is 7.43. The second kappa shape index (κ2) is 13.8. The van der Waals surface area contributed by atoms with E-state index in [1.165, 1.54) is 4.90 Å². The van der Waals surface area contributed by atoms with E-state index in [1.54, 1.807) is 33.7 Å². The molecule has 0 radical (unpaired) electrons. The molecule has 0 aliphatic carbocycles. The highest BCUT2D eigenvalue weighted by molar-refractivity contribution is 9.10. The largest absolute Gasteiger partial charge is 0.465 e. The Morgan fingerprint density at radius 2 is 1.90 bits per heavy atom. The van der Waals surface area contributed by atoms with Gasteiger partial charge in [-0.15, -0.1) is 0 Å². The molecule has 2 heterocycles. The zero-order chi connectivity index (χ0) is 30.5. The van der Waals surface area contributed by atoms with E-state index in [-0.39, 0.29) is 31.6 Å². The predicted octanol–water partition coefficient (Wildman–Crippen LogP) is 6.42. The van der Waals surface area contributed by atoms with E-state index in [0.717, 1.165) is 28.1 Å². The van der Waals surface area contributed by atoms with Crippen molar-refractivity contribution in [3.63, 3.8) is 0 Å². The summed E-state index contributed by atoms with van der Waals surface area (Å²) < 4.78 is 8.44. The zero-order valence-corrected chi connectivity index (χ0v) is 28.1. The van der Waals surface area contributed by atoms with Gasteiger partial charge in [0.25, 0.3) is 5.91 Å². The first kappa shape index (κ1) is 33.2. The van der Waals surface area contributed by atoms with E-state index in [2.05, 4.69) is 40.9 Å². The van der Waals surface area contributed by atoms with Gasteiger partial charge in [0.2, 0.25) is 5.91 Å². The molecular formula is C29H42BrClN4O5Si. The van der Waals surface area contributed by atoms with Crippen LogP contribution in [0.5, 0.6) is 0 Å². The Morgan fingerprint density at radius 1 is 1.20 bits per heavy atom. The van der Waals surface area contributed by atoms with Gasteiger partial charge in [0.1, 0.15) is 18.5 Å². The van der Waals surface area contributed by atoms with E-state index >= 15 is 0 Å². The number of ether oxygens (including phenoxy) is 1. The number of carbonyl (C=O) groups is 3. The second-order valence-corrected chi connectivity index (χ2v) is 19.7. The van der Waals surface area contributed by atoms with E-state index in [1.807, 2.05) is 27.0 Å². The van der Waals surface area contributed by atoms with Gasteiger partial charge in [-0.2, -0.15) is 0 Å². The van der Waals surface area contributed by atoms with Crippen molar-refractivity contribution in [1.82, 2.24) is 19.7 Å². The molecule has 226 valence electrons. The topological polar surface area (TPSA) is 104 Å². The van der Waals surface area contributed by atoms with Gasteiger partial charge in [0, 0.05) is 55.5 Å². The van der Waals surface area contributed by atoms with Crippen molar-refractivity contribution in [2.24, 2.45) is 0 Å². The standard InChI is InChI=1S/C29H42BrClN4O5Si/c1-29(2,3)35(28(38)39)17-20-9-10-23(31)14-21(20)16-32-26(36)24-8-7-11-34(24)27(37)25-15-22(30)18-33(25)19-40-12-13-41(4,5)6/h9-10,14-15,18,24H,7-8,11-13,16-17,19H2,1-6H3,(H,32,36)(H,38,39)/t24-/m0/s1. The van der Waals surface area contributed by atoms with Crippen molar-refractivity contribution < 1.29 is 24.2 Å². The van der Waals surface area contributed by atoms with Crippen LogP contribution in [0.3, 0.4) is 0 Å². The number of hydrogen-bond acceptors (Lipinski definition) is 4. The predicted molar refractivity (Wildman–Crippen MR) is 167 cm³/mol. The van der Waals surface area contributed by atoms with Gasteiger partial charge < -0.3 is 24.6 Å². The number of rotatable bonds is 11. The second-order valence-electron chi connectivity index (χ2n) is 12.7. The fourth-order valence-electron chi connectivity index (χ4n) is 4.71. The highest BCUT2D eigenvalue weighted by Gasteiger charge is 2.36. The fourth-order valence-corrected chi connectivity index (χ4v) is 6.12. The van der Waals surface area contributed by atoms with Crippen LogP contribution in [-0.2, 0) is 29.4 Å². The maximum Gasteiger partial charge on any atom is 0.408 e. The first-order valence-corrected chi connectivity index (χ1v) is 18.7. The Balaban J connectivity index is 1.70. The molecule has 1 fully saturated rings. The third-order valence-electron chi connectivity index (χ3n) is 7.12. The Morgan fingerprint density at radius 3 is 2.54 bits per heavy atom. The Kier molecular flexibility index (Phi) is 11.1. The SMILES string of the molecule is CC(C)(C)N(Cc1ccc(Cl)cc1CNC(=O)[C@@H]1CCCN1C(=O)c1cc(Br)cn1COCC[Si](C)(C)C)C(=O)O. The molecule has 1 aromatic heterocycles. The molecule has 0 bridgehead atoms. The third-order valence-corrected chi connectivity index (χ3v) is 9.49. The summed E-state index contributed by atoms with van der Waals surface area (Å²) in [7, 11) is -1.23. The summed E-state index contributed by atoms with van der Waals surface area (Å²) in [6.45, 7) is 14.1. The number of hydrogen-bond donors (Lipinski definition) is 2. The molecule has 41 heavy (non-hydrogen) atoms. The van der Waals surface area contributed by atoms with E-state index in [9.17, 15) is 19.5 Å². The quantitative estimate of drug-likeness (QED) is 0.213. The van der Waals surface area contributed by atoms with E-state index < -0.39 is 25.7 Å². The number of amides is 3. The highest BCUT2D eigenvalue weighted by Crippen LogP contribution is 2.25. The van der Waals surface area contributed by atoms with Crippen molar-refractivity contribution in [3.8, 4) is 0 Å². The van der Waals surface area contributed by atoms with Gasteiger partial charge in [-0.3, -0.25) is 14.5 Å². The number of likely N-dealkylation sites (tertiary alicyclic amines) is 1. The maximum atomic E-state index is 13.6. The summed E-state index contributed by atoms with van der Waals surface area (Å²) in [5, 5.41) is 13.2. The average Bonchev–Trinajstić information content (AvgIpc) is 3.49. The van der Waals surface area contributed by atoms with Gasteiger partial charge in [0.05, 0.1) is 0 Å². The van der Waals surface area contributed by atoms with Gasteiger partial charge in [-0.05, 0) is 84.9 Å². The molecule has 2 N–H and O–H groups in total. The van der Waals surface area contributed by atoms with Gasteiger partial charge in [0.15, 0.2) is 0 Å². The van der Waals surface area contributed by atoms with Crippen LogP contribution in [0.4, 0.5) is 4.79 Å². The molecule has 1 aliphatic heterocycles. The normalized spacial score (nSPS) is 15.7. The van der Waals surface area contributed by atoms with E-state index in [0.29, 0.717) is 30.3 Å². The van der Waals surface area contributed by atoms with Crippen molar-refractivity contribution in [3.05, 3.63) is 56.8 Å². The molecule has 9 nitrogen and oxygen atoms in total. The molecular weight excluding hydrogens is 628 g/mol. The lowest BCUT2D eigenvalue weighted by molar-refractivity contribution is -0.125. The van der Waals surface area contributed by atoms with Gasteiger partial charge in [-0.25, -0.2) is 4.79 Å². The van der Waals surface area contributed by atoms with Crippen LogP contribution in [0.1, 0.15) is 55.2 Å². The number of carbonyl (C=O) groups excluding carboxylic acids is 2. The molecule has 0 unspecified atom stereocenters. The lowest BCUT2D eigenvalue weighted by Crippen LogP contribution is -2.46. The molecule has 3 amide bonds. The van der Waals surface area contributed by atoms with Crippen LogP contribution in [-0.4, -0.2) is 70.2 Å². The van der Waals surface area contributed by atoms with Crippen LogP contribution in [0, 0.1) is 0 Å². The number of carboxylic acid groups (broad SMARTS) is 1. The van der Waals surface area contributed by atoms with Gasteiger partial charge in [-0.1, -0.05) is 37.3 Å². The molecule has 3 rings (SSSR count). The van der Waals surface area contributed by atoms with Crippen molar-refractivity contribution >= 4 is 53.5 Å². The number of benzene rings is 1. The summed E-state index contributed by atoms with van der Waals surface area (Å²) in [5.41, 5.74) is 1.34. The molecule has 0 spiro atoms. The number of nitrogens with zero attached hydrogens (tertiary/aromatic N) is 3. The first-order valence-electron chi connectivity index (χ1n) is 13.9.